The van der Waals surface area contributed by atoms with Crippen molar-refractivity contribution in [2.45, 2.75) is 6.42 Å². The van der Waals surface area contributed by atoms with Crippen molar-refractivity contribution in [1.29, 1.82) is 0 Å². The predicted octanol–water partition coefficient (Wildman–Crippen LogP) is 2.45. The van der Waals surface area contributed by atoms with E-state index in [9.17, 15) is 0 Å². The molecule has 3 rings (SSSR count). The molecule has 0 radical (unpaired) electrons. The highest BCUT2D eigenvalue weighted by Crippen LogP contribution is 2.17. The van der Waals surface area contributed by atoms with Crippen LogP contribution in [0, 0.1) is 0 Å². The summed E-state index contributed by atoms with van der Waals surface area (Å²) in [4.78, 5) is 14.6. The van der Waals surface area contributed by atoms with Crippen LogP contribution in [-0.4, -0.2) is 26.5 Å². The van der Waals surface area contributed by atoms with Crippen molar-refractivity contribution >= 4 is 5.95 Å². The Bertz CT molecular complexity index is 612. The number of rotatable bonds is 5. The lowest BCUT2D eigenvalue weighted by Gasteiger charge is -2.01. The molecule has 0 atom stereocenters. The number of aromatic nitrogens is 4. The molecule has 0 saturated heterocycles. The molecule has 0 saturated carbocycles. The quantitative estimate of drug-likeness (QED) is 0.654. The maximum absolute atomic E-state index is 4.32. The zero-order valence-corrected chi connectivity index (χ0v) is 10.4. The number of hydrogen-bond donors (Lipinski definition) is 3. The van der Waals surface area contributed by atoms with Gasteiger partial charge in [0.1, 0.15) is 0 Å². The summed E-state index contributed by atoms with van der Waals surface area (Å²) in [7, 11) is 0. The molecule has 2 aromatic heterocycles. The number of aromatic amines is 2. The van der Waals surface area contributed by atoms with Gasteiger partial charge < -0.3 is 15.3 Å². The molecule has 5 nitrogen and oxygen atoms in total. The zero-order valence-electron chi connectivity index (χ0n) is 10.4. The summed E-state index contributed by atoms with van der Waals surface area (Å²) in [6.45, 7) is 0.809. The van der Waals surface area contributed by atoms with Gasteiger partial charge in [0.15, 0.2) is 0 Å². The summed E-state index contributed by atoms with van der Waals surface area (Å²) >= 11 is 0. The Morgan fingerprint density at radius 2 is 2.00 bits per heavy atom. The van der Waals surface area contributed by atoms with Crippen molar-refractivity contribution in [1.82, 2.24) is 19.9 Å². The minimum Gasteiger partial charge on any atom is -0.355 e. The summed E-state index contributed by atoms with van der Waals surface area (Å²) in [5.74, 6) is 0.790. The average Bonchev–Trinajstić information content (AvgIpc) is 3.11. The first-order valence-corrected chi connectivity index (χ1v) is 6.23. The molecule has 1 aromatic carbocycles. The van der Waals surface area contributed by atoms with Crippen LogP contribution in [0.3, 0.4) is 0 Å². The number of anilines is 1. The Hall–Kier alpha value is -2.56. The Balaban J connectivity index is 1.59. The van der Waals surface area contributed by atoms with Gasteiger partial charge in [-0.05, 0) is 5.56 Å². The van der Waals surface area contributed by atoms with Crippen molar-refractivity contribution in [2.24, 2.45) is 0 Å². The van der Waals surface area contributed by atoms with Crippen LogP contribution in [0.15, 0.2) is 49.1 Å². The fraction of sp³-hybridized carbons (Fsp3) is 0.143. The van der Waals surface area contributed by atoms with Crippen LogP contribution < -0.4 is 5.32 Å². The fourth-order valence-corrected chi connectivity index (χ4v) is 1.91. The molecule has 0 unspecified atom stereocenters. The molecule has 0 aliphatic heterocycles. The van der Waals surface area contributed by atoms with Crippen LogP contribution in [0.4, 0.5) is 5.95 Å². The number of H-pyrrole nitrogens is 2. The third-order valence-corrected chi connectivity index (χ3v) is 2.90. The summed E-state index contributed by atoms with van der Waals surface area (Å²) in [6, 6.07) is 10.1. The van der Waals surface area contributed by atoms with Crippen molar-refractivity contribution < 1.29 is 0 Å². The van der Waals surface area contributed by atoms with Crippen LogP contribution in [0.2, 0.25) is 0 Å². The maximum Gasteiger partial charge on any atom is 0.200 e. The lowest BCUT2D eigenvalue weighted by Crippen LogP contribution is -2.06. The number of imidazole rings is 2. The van der Waals surface area contributed by atoms with E-state index in [1.54, 1.807) is 6.33 Å². The second-order valence-electron chi connectivity index (χ2n) is 4.27. The van der Waals surface area contributed by atoms with Gasteiger partial charge in [0.2, 0.25) is 5.95 Å². The van der Waals surface area contributed by atoms with E-state index in [0.717, 1.165) is 35.9 Å². The van der Waals surface area contributed by atoms with E-state index < -0.39 is 0 Å². The zero-order chi connectivity index (χ0) is 12.9. The lowest BCUT2D eigenvalue weighted by molar-refractivity contribution is 0.962. The molecule has 19 heavy (non-hydrogen) atoms. The number of nitrogens with zero attached hydrogens (tertiary/aromatic N) is 2. The minimum absolute atomic E-state index is 0.790. The molecule has 0 fully saturated rings. The Morgan fingerprint density at radius 1 is 1.11 bits per heavy atom. The average molecular weight is 253 g/mol. The molecule has 0 bridgehead atoms. The number of hydrogen-bond acceptors (Lipinski definition) is 3. The first-order chi connectivity index (χ1) is 9.42. The van der Waals surface area contributed by atoms with E-state index in [2.05, 4.69) is 37.4 Å². The van der Waals surface area contributed by atoms with Crippen LogP contribution in [0.1, 0.15) is 5.69 Å². The van der Waals surface area contributed by atoms with Crippen molar-refractivity contribution in [3.05, 3.63) is 54.7 Å². The molecule has 0 aliphatic carbocycles. The van der Waals surface area contributed by atoms with Gasteiger partial charge in [-0.1, -0.05) is 30.3 Å². The van der Waals surface area contributed by atoms with Crippen molar-refractivity contribution in [3.63, 3.8) is 0 Å². The van der Waals surface area contributed by atoms with E-state index in [0.29, 0.717) is 0 Å². The standard InChI is InChI=1S/C14H15N5/c1-2-4-11(5-3-1)13-9-17-14(19-13)16-7-6-12-8-15-10-18-12/h1-5,8-10H,6-7H2,(H,15,18)(H2,16,17,19). The summed E-state index contributed by atoms with van der Waals surface area (Å²) < 4.78 is 0. The van der Waals surface area contributed by atoms with Gasteiger partial charge in [-0.15, -0.1) is 0 Å². The van der Waals surface area contributed by atoms with Crippen LogP contribution >= 0.6 is 0 Å². The van der Waals surface area contributed by atoms with Gasteiger partial charge in [0.25, 0.3) is 0 Å². The highest BCUT2D eigenvalue weighted by Gasteiger charge is 2.02. The Labute approximate surface area is 111 Å². The van der Waals surface area contributed by atoms with Crippen LogP contribution in [0.5, 0.6) is 0 Å². The normalized spacial score (nSPS) is 10.5. The van der Waals surface area contributed by atoms with E-state index in [-0.39, 0.29) is 0 Å². The molecule has 96 valence electrons. The van der Waals surface area contributed by atoms with Crippen molar-refractivity contribution in [2.75, 3.05) is 11.9 Å². The topological polar surface area (TPSA) is 69.4 Å². The summed E-state index contributed by atoms with van der Waals surface area (Å²) in [5, 5.41) is 3.26. The second kappa shape index (κ2) is 5.39. The largest absolute Gasteiger partial charge is 0.355 e. The summed E-state index contributed by atoms with van der Waals surface area (Å²) in [5.41, 5.74) is 3.27. The first kappa shape index (κ1) is 11.5. The molecular formula is C14H15N5. The molecular weight excluding hydrogens is 238 g/mol. The molecule has 0 spiro atoms. The van der Waals surface area contributed by atoms with Gasteiger partial charge in [-0.25, -0.2) is 9.97 Å². The van der Waals surface area contributed by atoms with E-state index in [1.807, 2.05) is 30.6 Å². The number of benzene rings is 1. The third kappa shape index (κ3) is 2.82. The maximum atomic E-state index is 4.32. The highest BCUT2D eigenvalue weighted by molar-refractivity contribution is 5.59. The smallest absolute Gasteiger partial charge is 0.200 e. The van der Waals surface area contributed by atoms with E-state index in [4.69, 9.17) is 0 Å². The monoisotopic (exact) mass is 253 g/mol. The van der Waals surface area contributed by atoms with E-state index in [1.165, 1.54) is 0 Å². The fourth-order valence-electron chi connectivity index (χ4n) is 1.91. The second-order valence-corrected chi connectivity index (χ2v) is 4.27. The number of nitrogens with one attached hydrogen (secondary N) is 3. The van der Waals surface area contributed by atoms with E-state index >= 15 is 0 Å². The first-order valence-electron chi connectivity index (χ1n) is 6.23. The lowest BCUT2D eigenvalue weighted by atomic mass is 10.2. The molecule has 0 amide bonds. The third-order valence-electron chi connectivity index (χ3n) is 2.90. The van der Waals surface area contributed by atoms with Crippen LogP contribution in [0.25, 0.3) is 11.3 Å². The minimum atomic E-state index is 0.790. The van der Waals surface area contributed by atoms with Crippen molar-refractivity contribution in [3.8, 4) is 11.3 Å². The van der Waals surface area contributed by atoms with Gasteiger partial charge in [-0.3, -0.25) is 0 Å². The molecule has 3 N–H and O–H groups in total. The highest BCUT2D eigenvalue weighted by atomic mass is 15.1. The van der Waals surface area contributed by atoms with Gasteiger partial charge in [-0.2, -0.15) is 0 Å². The van der Waals surface area contributed by atoms with Gasteiger partial charge in [0, 0.05) is 24.9 Å². The molecule has 3 aromatic rings. The summed E-state index contributed by atoms with van der Waals surface area (Å²) in [6.07, 6.45) is 6.25. The molecule has 2 heterocycles. The molecule has 0 aliphatic rings. The Kier molecular flexibility index (Phi) is 3.27. The SMILES string of the molecule is c1ccc(-c2cnc(NCCc3cnc[nH]3)[nH]2)cc1. The predicted molar refractivity (Wildman–Crippen MR) is 74.8 cm³/mol. The Morgan fingerprint density at radius 3 is 2.79 bits per heavy atom. The molecule has 5 heteroatoms. The van der Waals surface area contributed by atoms with Gasteiger partial charge in [0.05, 0.1) is 18.2 Å². The van der Waals surface area contributed by atoms with Crippen LogP contribution in [-0.2, 0) is 6.42 Å². The van der Waals surface area contributed by atoms with Gasteiger partial charge >= 0.3 is 0 Å².